The lowest BCUT2D eigenvalue weighted by molar-refractivity contribution is -0.137. The van der Waals surface area contributed by atoms with E-state index < -0.39 is 23.5 Å². The smallest absolute Gasteiger partial charge is 0.416 e. The molecule has 0 saturated carbocycles. The number of benzene rings is 3. The molecule has 33 heavy (non-hydrogen) atoms. The van der Waals surface area contributed by atoms with E-state index >= 15 is 0 Å². The highest BCUT2D eigenvalue weighted by atomic mass is 35.5. The molecule has 0 aromatic heterocycles. The van der Waals surface area contributed by atoms with Crippen molar-refractivity contribution < 1.29 is 31.8 Å². The van der Waals surface area contributed by atoms with E-state index in [1.54, 1.807) is 18.2 Å². The minimum Gasteiger partial charge on any atom is -0.493 e. The van der Waals surface area contributed by atoms with Crippen LogP contribution in [0.5, 0.6) is 11.5 Å². The van der Waals surface area contributed by atoms with Crippen LogP contribution in [0.15, 0.2) is 54.6 Å². The van der Waals surface area contributed by atoms with E-state index in [4.69, 9.17) is 21.1 Å². The highest BCUT2D eigenvalue weighted by Crippen LogP contribution is 2.41. The predicted molar refractivity (Wildman–Crippen MR) is 117 cm³/mol. The molecule has 0 spiro atoms. The average Bonchev–Trinajstić information content (AvgIpc) is 3.06. The number of rotatable bonds is 5. The molecular formula is C24H16ClF4NO3. The standard InChI is InChI=1S/C24H16ClF4NO3/c1-32-21-10-14(9-19(25)22(21)33-12-13-3-2-4-16(26)7-13)8-18-17-6-5-15(24(27,28)29)11-20(17)30-23(18)31/h2-11H,12H2,1H3,(H,30,31)/b18-8-. The summed E-state index contributed by atoms with van der Waals surface area (Å²) in [6.45, 7) is 0.0472. The number of alkyl halides is 3. The Morgan fingerprint density at radius 1 is 1.09 bits per heavy atom. The van der Waals surface area contributed by atoms with Crippen molar-refractivity contribution in [2.45, 2.75) is 12.8 Å². The van der Waals surface area contributed by atoms with Gasteiger partial charge in [-0.1, -0.05) is 29.8 Å². The van der Waals surface area contributed by atoms with Gasteiger partial charge in [-0.15, -0.1) is 0 Å². The zero-order valence-corrected chi connectivity index (χ0v) is 17.9. The van der Waals surface area contributed by atoms with Crippen LogP contribution in [0.3, 0.4) is 0 Å². The van der Waals surface area contributed by atoms with Crippen molar-refractivity contribution in [3.05, 3.63) is 87.7 Å². The van der Waals surface area contributed by atoms with Gasteiger partial charge in [-0.05, 0) is 53.6 Å². The number of halogens is 5. The lowest BCUT2D eigenvalue weighted by atomic mass is 10.0. The number of hydrogen-bond acceptors (Lipinski definition) is 3. The van der Waals surface area contributed by atoms with E-state index in [9.17, 15) is 22.4 Å². The Labute approximate surface area is 191 Å². The Morgan fingerprint density at radius 3 is 2.58 bits per heavy atom. The minimum atomic E-state index is -4.52. The van der Waals surface area contributed by atoms with Crippen molar-refractivity contribution in [3.8, 4) is 11.5 Å². The molecule has 1 heterocycles. The van der Waals surface area contributed by atoms with Gasteiger partial charge in [0.25, 0.3) is 5.91 Å². The molecule has 1 amide bonds. The number of ether oxygens (including phenoxy) is 2. The normalized spacial score (nSPS) is 14.2. The quantitative estimate of drug-likeness (QED) is 0.333. The maximum Gasteiger partial charge on any atom is 0.416 e. The summed E-state index contributed by atoms with van der Waals surface area (Å²) in [6, 6.07) is 12.1. The zero-order chi connectivity index (χ0) is 23.8. The Balaban J connectivity index is 1.64. The Morgan fingerprint density at radius 2 is 1.88 bits per heavy atom. The third kappa shape index (κ3) is 4.80. The summed E-state index contributed by atoms with van der Waals surface area (Å²) in [6.07, 6.45) is -3.02. The second-order valence-electron chi connectivity index (χ2n) is 7.22. The highest BCUT2D eigenvalue weighted by Gasteiger charge is 2.33. The molecule has 0 saturated heterocycles. The maximum atomic E-state index is 13.4. The average molecular weight is 478 g/mol. The molecule has 0 aliphatic carbocycles. The second-order valence-corrected chi connectivity index (χ2v) is 7.63. The largest absolute Gasteiger partial charge is 0.493 e. The van der Waals surface area contributed by atoms with Crippen molar-refractivity contribution in [3.63, 3.8) is 0 Å². The van der Waals surface area contributed by atoms with Gasteiger partial charge in [-0.3, -0.25) is 4.79 Å². The van der Waals surface area contributed by atoms with Crippen LogP contribution in [0.25, 0.3) is 11.6 Å². The van der Waals surface area contributed by atoms with Gasteiger partial charge in [0, 0.05) is 16.8 Å². The third-order valence-corrected chi connectivity index (χ3v) is 5.25. The highest BCUT2D eigenvalue weighted by molar-refractivity contribution is 6.35. The minimum absolute atomic E-state index is 0.0472. The molecule has 170 valence electrons. The number of carbonyl (C=O) groups is 1. The zero-order valence-electron chi connectivity index (χ0n) is 17.1. The SMILES string of the molecule is COc1cc(/C=C2\C(=O)Nc3cc(C(F)(F)F)ccc32)cc(Cl)c1OCc1cccc(F)c1. The van der Waals surface area contributed by atoms with Crippen LogP contribution in [0.4, 0.5) is 23.2 Å². The summed E-state index contributed by atoms with van der Waals surface area (Å²) >= 11 is 6.37. The lowest BCUT2D eigenvalue weighted by Crippen LogP contribution is -2.06. The summed E-state index contributed by atoms with van der Waals surface area (Å²) in [5.41, 5.74) is 0.825. The second kappa shape index (κ2) is 8.78. The fourth-order valence-electron chi connectivity index (χ4n) is 3.43. The molecule has 3 aromatic rings. The molecule has 3 aromatic carbocycles. The Bertz CT molecular complexity index is 1270. The molecule has 0 fully saturated rings. The van der Waals surface area contributed by atoms with Gasteiger partial charge in [-0.25, -0.2) is 4.39 Å². The number of nitrogens with one attached hydrogen (secondary N) is 1. The van der Waals surface area contributed by atoms with Gasteiger partial charge in [0.1, 0.15) is 12.4 Å². The van der Waals surface area contributed by atoms with Gasteiger partial charge in [0.15, 0.2) is 11.5 Å². The molecule has 4 nitrogen and oxygen atoms in total. The molecular weight excluding hydrogens is 462 g/mol. The first-order valence-electron chi connectivity index (χ1n) is 9.65. The monoisotopic (exact) mass is 477 g/mol. The number of hydrogen-bond donors (Lipinski definition) is 1. The van der Waals surface area contributed by atoms with Crippen molar-refractivity contribution >= 4 is 34.8 Å². The lowest BCUT2D eigenvalue weighted by Gasteiger charge is -2.14. The third-order valence-electron chi connectivity index (χ3n) is 4.96. The molecule has 0 atom stereocenters. The number of methoxy groups -OCH3 is 1. The van der Waals surface area contributed by atoms with Gasteiger partial charge in [0.05, 0.1) is 17.7 Å². The van der Waals surface area contributed by atoms with E-state index in [1.807, 2.05) is 0 Å². The van der Waals surface area contributed by atoms with E-state index in [0.29, 0.717) is 16.7 Å². The molecule has 1 N–H and O–H groups in total. The van der Waals surface area contributed by atoms with Crippen LogP contribution in [-0.4, -0.2) is 13.0 Å². The molecule has 1 aliphatic rings. The Kier molecular flexibility index (Phi) is 6.03. The number of carbonyl (C=O) groups excluding carboxylic acids is 1. The van der Waals surface area contributed by atoms with E-state index in [2.05, 4.69) is 5.32 Å². The maximum absolute atomic E-state index is 13.4. The van der Waals surface area contributed by atoms with Crippen LogP contribution >= 0.6 is 11.6 Å². The summed E-state index contributed by atoms with van der Waals surface area (Å²) in [7, 11) is 1.41. The van der Waals surface area contributed by atoms with E-state index in [0.717, 1.165) is 12.1 Å². The summed E-state index contributed by atoms with van der Waals surface area (Å²) < 4.78 is 63.4. The van der Waals surface area contributed by atoms with Crippen LogP contribution < -0.4 is 14.8 Å². The van der Waals surface area contributed by atoms with Crippen molar-refractivity contribution in [2.24, 2.45) is 0 Å². The van der Waals surface area contributed by atoms with Crippen molar-refractivity contribution in [1.29, 1.82) is 0 Å². The van der Waals surface area contributed by atoms with Gasteiger partial charge < -0.3 is 14.8 Å². The first-order chi connectivity index (χ1) is 15.7. The number of fused-ring (bicyclic) bond motifs is 1. The van der Waals surface area contributed by atoms with Gasteiger partial charge in [-0.2, -0.15) is 13.2 Å². The number of amides is 1. The molecule has 0 radical (unpaired) electrons. The van der Waals surface area contributed by atoms with E-state index in [-0.39, 0.29) is 34.4 Å². The first-order valence-corrected chi connectivity index (χ1v) is 10.0. The van der Waals surface area contributed by atoms with Crippen LogP contribution in [0.2, 0.25) is 5.02 Å². The Hall–Kier alpha value is -3.52. The molecule has 4 rings (SSSR count). The van der Waals surface area contributed by atoms with Crippen LogP contribution in [0.1, 0.15) is 22.3 Å². The molecule has 0 unspecified atom stereocenters. The fraction of sp³-hybridized carbons (Fsp3) is 0.125. The topological polar surface area (TPSA) is 47.6 Å². The summed E-state index contributed by atoms with van der Waals surface area (Å²) in [5.74, 6) is -0.423. The molecule has 9 heteroatoms. The van der Waals surface area contributed by atoms with E-state index in [1.165, 1.54) is 37.5 Å². The summed E-state index contributed by atoms with van der Waals surface area (Å²) in [5, 5.41) is 2.63. The van der Waals surface area contributed by atoms with Crippen LogP contribution in [-0.2, 0) is 17.6 Å². The molecule has 0 bridgehead atoms. The number of anilines is 1. The summed E-state index contributed by atoms with van der Waals surface area (Å²) in [4.78, 5) is 12.4. The molecule has 1 aliphatic heterocycles. The van der Waals surface area contributed by atoms with Crippen LogP contribution in [0, 0.1) is 5.82 Å². The predicted octanol–water partition coefficient (Wildman–Crippen LogP) is 6.58. The first kappa shape index (κ1) is 22.7. The fourth-order valence-corrected chi connectivity index (χ4v) is 3.70. The van der Waals surface area contributed by atoms with Gasteiger partial charge >= 0.3 is 6.18 Å². The van der Waals surface area contributed by atoms with Crippen molar-refractivity contribution in [1.82, 2.24) is 0 Å². The van der Waals surface area contributed by atoms with Crippen molar-refractivity contribution in [2.75, 3.05) is 12.4 Å². The van der Waals surface area contributed by atoms with Gasteiger partial charge in [0.2, 0.25) is 0 Å².